The number of imidazole rings is 1. The summed E-state index contributed by atoms with van der Waals surface area (Å²) in [5.41, 5.74) is 5.74. The number of rotatable bonds is 6. The largest absolute Gasteiger partial charge is 0.337 e. The van der Waals surface area contributed by atoms with E-state index in [9.17, 15) is 4.79 Å². The lowest BCUT2D eigenvalue weighted by molar-refractivity contribution is 0.0739. The van der Waals surface area contributed by atoms with E-state index < -0.39 is 0 Å². The van der Waals surface area contributed by atoms with Gasteiger partial charge in [0.1, 0.15) is 5.69 Å². The van der Waals surface area contributed by atoms with Crippen molar-refractivity contribution in [2.45, 2.75) is 25.9 Å². The second-order valence-corrected chi connectivity index (χ2v) is 7.69. The Morgan fingerprint density at radius 3 is 2.57 bits per heavy atom. The minimum atomic E-state index is -0.147. The lowest BCUT2D eigenvalue weighted by Gasteiger charge is -2.26. The average molecular weight is 397 g/mol. The highest BCUT2D eigenvalue weighted by atomic mass is 16.2. The molecule has 5 rings (SSSR count). The molecule has 30 heavy (non-hydrogen) atoms. The first-order chi connectivity index (χ1) is 14.7. The third kappa shape index (κ3) is 3.20. The van der Waals surface area contributed by atoms with Crippen LogP contribution in [0.15, 0.2) is 73.3 Å². The van der Waals surface area contributed by atoms with Crippen molar-refractivity contribution in [1.29, 1.82) is 0 Å². The van der Waals surface area contributed by atoms with E-state index in [0.29, 0.717) is 12.2 Å². The zero-order chi connectivity index (χ0) is 20.5. The van der Waals surface area contributed by atoms with Crippen molar-refractivity contribution >= 4 is 5.91 Å². The number of hydrogen-bond acceptors (Lipinski definition) is 3. The fraction of sp³-hybridized carbons (Fsp3) is 0.208. The maximum atomic E-state index is 13.3. The lowest BCUT2D eigenvalue weighted by Crippen LogP contribution is -2.31. The Morgan fingerprint density at radius 2 is 1.83 bits per heavy atom. The number of amides is 1. The van der Waals surface area contributed by atoms with E-state index in [1.54, 1.807) is 6.20 Å². The second-order valence-electron chi connectivity index (χ2n) is 7.69. The Balaban J connectivity index is 1.51. The third-order valence-corrected chi connectivity index (χ3v) is 5.68. The van der Waals surface area contributed by atoms with E-state index >= 15 is 0 Å². The summed E-state index contributed by atoms with van der Waals surface area (Å²) in [6, 6.07) is 18.4. The van der Waals surface area contributed by atoms with Crippen molar-refractivity contribution in [3.63, 3.8) is 0 Å². The summed E-state index contributed by atoms with van der Waals surface area (Å²) in [5, 5.41) is 7.56. The molecule has 6 nitrogen and oxygen atoms in total. The van der Waals surface area contributed by atoms with Crippen LogP contribution in [0.1, 0.15) is 39.6 Å². The summed E-state index contributed by atoms with van der Waals surface area (Å²) < 4.78 is 2.04. The molecule has 2 aromatic carbocycles. The Labute approximate surface area is 175 Å². The average Bonchev–Trinajstić information content (AvgIpc) is 3.49. The minimum absolute atomic E-state index is 0.00958. The van der Waals surface area contributed by atoms with Crippen LogP contribution in [0.2, 0.25) is 0 Å². The molecule has 1 amide bonds. The molecule has 1 aliphatic rings. The number of aryl methyl sites for hydroxylation is 2. The first kappa shape index (κ1) is 18.4. The van der Waals surface area contributed by atoms with Crippen LogP contribution in [0.25, 0.3) is 11.3 Å². The van der Waals surface area contributed by atoms with Gasteiger partial charge in [0.2, 0.25) is 0 Å². The van der Waals surface area contributed by atoms with E-state index in [2.05, 4.69) is 58.5 Å². The number of nitrogens with zero attached hydrogens (tertiary/aromatic N) is 4. The maximum Gasteiger partial charge on any atom is 0.273 e. The monoisotopic (exact) mass is 397 g/mol. The number of aromatic nitrogens is 4. The number of benzene rings is 2. The number of carbonyl (C=O) groups is 1. The molecular formula is C24H23N5O. The summed E-state index contributed by atoms with van der Waals surface area (Å²) in [4.78, 5) is 19.4. The van der Waals surface area contributed by atoms with Gasteiger partial charge in [-0.1, -0.05) is 60.2 Å². The molecule has 0 spiro atoms. The first-order valence-corrected chi connectivity index (χ1v) is 10.2. The van der Waals surface area contributed by atoms with Gasteiger partial charge in [0.15, 0.2) is 0 Å². The standard InChI is InChI=1S/C24H23N5O/c1-17-8-10-18(11-9-17)21-20-22(27-26-21)24(30)29(14-5-13-28-15-12-25-16-28)23(20)19-6-3-2-4-7-19/h2-4,6-12,15-16,23H,5,13-14H2,1H3,(H,26,27). The van der Waals surface area contributed by atoms with Crippen molar-refractivity contribution in [3.8, 4) is 11.3 Å². The summed E-state index contributed by atoms with van der Waals surface area (Å²) in [7, 11) is 0. The zero-order valence-electron chi connectivity index (χ0n) is 16.8. The highest BCUT2D eigenvalue weighted by Crippen LogP contribution is 2.42. The van der Waals surface area contributed by atoms with Crippen LogP contribution in [0.4, 0.5) is 0 Å². The maximum absolute atomic E-state index is 13.3. The molecule has 1 aliphatic heterocycles. The van der Waals surface area contributed by atoms with Crippen molar-refractivity contribution in [2.24, 2.45) is 0 Å². The van der Waals surface area contributed by atoms with Crippen LogP contribution in [-0.2, 0) is 6.54 Å². The van der Waals surface area contributed by atoms with E-state index in [4.69, 9.17) is 0 Å². The minimum Gasteiger partial charge on any atom is -0.337 e. The van der Waals surface area contributed by atoms with E-state index in [1.165, 1.54) is 5.56 Å². The topological polar surface area (TPSA) is 66.8 Å². The summed E-state index contributed by atoms with van der Waals surface area (Å²) >= 11 is 0. The Kier molecular flexibility index (Phi) is 4.67. The number of fused-ring (bicyclic) bond motifs is 1. The number of carbonyl (C=O) groups excluding carboxylic acids is 1. The molecule has 6 heteroatoms. The molecule has 0 aliphatic carbocycles. The number of hydrogen-bond donors (Lipinski definition) is 1. The molecule has 0 saturated carbocycles. The van der Waals surface area contributed by atoms with Gasteiger partial charge in [-0.15, -0.1) is 0 Å². The van der Waals surface area contributed by atoms with Gasteiger partial charge in [-0.05, 0) is 18.9 Å². The van der Waals surface area contributed by atoms with Gasteiger partial charge in [0, 0.05) is 36.6 Å². The van der Waals surface area contributed by atoms with Crippen LogP contribution in [-0.4, -0.2) is 37.1 Å². The molecule has 1 atom stereocenters. The lowest BCUT2D eigenvalue weighted by atomic mass is 9.96. The van der Waals surface area contributed by atoms with Crippen molar-refractivity contribution in [3.05, 3.63) is 95.7 Å². The Morgan fingerprint density at radius 1 is 1.03 bits per heavy atom. The van der Waals surface area contributed by atoms with Gasteiger partial charge in [0.25, 0.3) is 5.91 Å². The zero-order valence-corrected chi connectivity index (χ0v) is 16.8. The molecule has 4 aromatic rings. The molecule has 0 radical (unpaired) electrons. The Hall–Kier alpha value is -3.67. The number of aromatic amines is 1. The quantitative estimate of drug-likeness (QED) is 0.530. The smallest absolute Gasteiger partial charge is 0.273 e. The molecule has 1 unspecified atom stereocenters. The summed E-state index contributed by atoms with van der Waals surface area (Å²) in [5.74, 6) is 0.00958. The predicted octanol–water partition coefficient (Wildman–Crippen LogP) is 4.22. The normalized spacial score (nSPS) is 15.6. The highest BCUT2D eigenvalue weighted by molar-refractivity contribution is 6.00. The predicted molar refractivity (Wildman–Crippen MR) is 115 cm³/mol. The molecule has 150 valence electrons. The van der Waals surface area contributed by atoms with Crippen LogP contribution in [0.5, 0.6) is 0 Å². The first-order valence-electron chi connectivity index (χ1n) is 10.2. The molecule has 0 bridgehead atoms. The van der Waals surface area contributed by atoms with E-state index in [1.807, 2.05) is 40.2 Å². The fourth-order valence-corrected chi connectivity index (χ4v) is 4.18. The molecule has 1 N–H and O–H groups in total. The second kappa shape index (κ2) is 7.63. The van der Waals surface area contributed by atoms with Gasteiger partial charge in [-0.2, -0.15) is 5.10 Å². The molecule has 0 saturated heterocycles. The van der Waals surface area contributed by atoms with Crippen molar-refractivity contribution in [1.82, 2.24) is 24.6 Å². The SMILES string of the molecule is Cc1ccc(-c2n[nH]c3c2C(c2ccccc2)N(CCCn2ccnc2)C3=O)cc1. The van der Waals surface area contributed by atoms with Gasteiger partial charge in [-0.25, -0.2) is 4.98 Å². The van der Waals surface area contributed by atoms with Crippen LogP contribution >= 0.6 is 0 Å². The highest BCUT2D eigenvalue weighted by Gasteiger charge is 2.41. The number of H-pyrrole nitrogens is 1. The van der Waals surface area contributed by atoms with Crippen LogP contribution in [0, 0.1) is 6.92 Å². The number of nitrogens with one attached hydrogen (secondary N) is 1. The molecule has 0 fully saturated rings. The molecular weight excluding hydrogens is 374 g/mol. The van der Waals surface area contributed by atoms with Crippen LogP contribution in [0.3, 0.4) is 0 Å². The van der Waals surface area contributed by atoms with Crippen molar-refractivity contribution < 1.29 is 4.79 Å². The Bertz CT molecular complexity index is 1150. The van der Waals surface area contributed by atoms with Gasteiger partial charge in [-0.3, -0.25) is 9.89 Å². The van der Waals surface area contributed by atoms with Crippen LogP contribution < -0.4 is 0 Å². The summed E-state index contributed by atoms with van der Waals surface area (Å²) in [6.07, 6.45) is 6.38. The van der Waals surface area contributed by atoms with E-state index in [-0.39, 0.29) is 11.9 Å². The van der Waals surface area contributed by atoms with Gasteiger partial charge < -0.3 is 9.47 Å². The van der Waals surface area contributed by atoms with Gasteiger partial charge in [0.05, 0.1) is 18.1 Å². The molecule has 3 heterocycles. The third-order valence-electron chi connectivity index (χ3n) is 5.68. The fourth-order valence-electron chi connectivity index (χ4n) is 4.18. The summed E-state index contributed by atoms with van der Waals surface area (Å²) in [6.45, 7) is 3.55. The van der Waals surface area contributed by atoms with Gasteiger partial charge >= 0.3 is 0 Å². The van der Waals surface area contributed by atoms with E-state index in [0.717, 1.165) is 35.3 Å². The van der Waals surface area contributed by atoms with Crippen molar-refractivity contribution in [2.75, 3.05) is 6.54 Å². The molecule has 2 aromatic heterocycles.